The van der Waals surface area contributed by atoms with Crippen LogP contribution >= 0.6 is 0 Å². The van der Waals surface area contributed by atoms with Gasteiger partial charge in [0.15, 0.2) is 0 Å². The van der Waals surface area contributed by atoms with Gasteiger partial charge in [-0.15, -0.1) is 0 Å². The number of benzene rings is 1. The summed E-state index contributed by atoms with van der Waals surface area (Å²) in [7, 11) is 0. The van der Waals surface area contributed by atoms with Gasteiger partial charge in [0.05, 0.1) is 11.6 Å². The molecule has 6 heteroatoms. The molecule has 0 aliphatic carbocycles. The number of nitrogens with one attached hydrogen (secondary N) is 2. The van der Waals surface area contributed by atoms with Crippen molar-refractivity contribution >= 4 is 12.0 Å². The number of allylic oxidation sites excluding steroid dienone is 1. The second-order valence-electron chi connectivity index (χ2n) is 4.88. The number of carboxylic acids is 1. The standard InChI is InChI=1S/C14H16N2O4/c1-6-4-9(5-7(2)12(6)17)11-10(13(18)19)8(3)15-14(20)16-11/h4-5,11,17H,1-3H3,(H,18,19)(H2,15,16,20). The molecule has 1 aromatic rings. The lowest BCUT2D eigenvalue weighted by Gasteiger charge is -2.27. The lowest BCUT2D eigenvalue weighted by atomic mass is 9.93. The highest BCUT2D eigenvalue weighted by atomic mass is 16.4. The van der Waals surface area contributed by atoms with Crippen molar-refractivity contribution in [2.75, 3.05) is 0 Å². The lowest BCUT2D eigenvalue weighted by Crippen LogP contribution is -2.45. The summed E-state index contributed by atoms with van der Waals surface area (Å²) in [6, 6.07) is 2.17. The Morgan fingerprint density at radius 1 is 1.20 bits per heavy atom. The molecule has 106 valence electrons. The zero-order chi connectivity index (χ0) is 15.0. The summed E-state index contributed by atoms with van der Waals surface area (Å²) >= 11 is 0. The number of amides is 2. The maximum absolute atomic E-state index is 11.6. The van der Waals surface area contributed by atoms with Crippen molar-refractivity contribution in [1.82, 2.24) is 10.6 Å². The molecule has 6 nitrogen and oxygen atoms in total. The number of phenols is 1. The van der Waals surface area contributed by atoms with E-state index in [4.69, 9.17) is 0 Å². The Bertz CT molecular complexity index is 611. The van der Waals surface area contributed by atoms with Crippen LogP contribution in [0.15, 0.2) is 23.4 Å². The predicted molar refractivity (Wildman–Crippen MR) is 72.3 cm³/mol. The molecular weight excluding hydrogens is 260 g/mol. The number of carbonyl (C=O) groups excluding carboxylic acids is 1. The lowest BCUT2D eigenvalue weighted by molar-refractivity contribution is -0.133. The Kier molecular flexibility index (Phi) is 3.40. The summed E-state index contributed by atoms with van der Waals surface area (Å²) in [5.41, 5.74) is 2.30. The number of urea groups is 1. The van der Waals surface area contributed by atoms with E-state index in [1.54, 1.807) is 32.9 Å². The molecule has 0 spiro atoms. The topological polar surface area (TPSA) is 98.7 Å². The highest BCUT2D eigenvalue weighted by Crippen LogP contribution is 2.31. The molecule has 0 fully saturated rings. The number of rotatable bonds is 2. The van der Waals surface area contributed by atoms with Crippen molar-refractivity contribution in [3.8, 4) is 5.75 Å². The van der Waals surface area contributed by atoms with Crippen LogP contribution in [0.1, 0.15) is 29.7 Å². The molecule has 1 unspecified atom stereocenters. The van der Waals surface area contributed by atoms with Crippen LogP contribution in [0.2, 0.25) is 0 Å². The van der Waals surface area contributed by atoms with Gasteiger partial charge in [-0.05, 0) is 49.6 Å². The van der Waals surface area contributed by atoms with Crippen LogP contribution in [0.5, 0.6) is 5.75 Å². The van der Waals surface area contributed by atoms with Crippen LogP contribution in [0.25, 0.3) is 0 Å². The van der Waals surface area contributed by atoms with E-state index in [1.807, 2.05) is 0 Å². The average molecular weight is 276 g/mol. The first-order chi connectivity index (χ1) is 9.31. The molecule has 1 aromatic carbocycles. The number of aliphatic carboxylic acids is 1. The molecule has 4 N–H and O–H groups in total. The van der Waals surface area contributed by atoms with Gasteiger partial charge < -0.3 is 20.8 Å². The van der Waals surface area contributed by atoms with Gasteiger partial charge in [-0.25, -0.2) is 9.59 Å². The van der Waals surface area contributed by atoms with Gasteiger partial charge in [0, 0.05) is 5.70 Å². The van der Waals surface area contributed by atoms with Crippen LogP contribution < -0.4 is 10.6 Å². The van der Waals surface area contributed by atoms with E-state index in [1.165, 1.54) is 0 Å². The van der Waals surface area contributed by atoms with Gasteiger partial charge in [-0.2, -0.15) is 0 Å². The third-order valence-electron chi connectivity index (χ3n) is 3.35. The van der Waals surface area contributed by atoms with Crippen molar-refractivity contribution in [3.05, 3.63) is 40.1 Å². The molecule has 0 aromatic heterocycles. The first-order valence-corrected chi connectivity index (χ1v) is 6.13. The maximum Gasteiger partial charge on any atom is 0.335 e. The molecule has 1 aliphatic rings. The minimum atomic E-state index is -1.09. The first kappa shape index (κ1) is 13.9. The van der Waals surface area contributed by atoms with Crippen molar-refractivity contribution in [1.29, 1.82) is 0 Å². The van der Waals surface area contributed by atoms with Crippen LogP contribution in [0, 0.1) is 13.8 Å². The Morgan fingerprint density at radius 3 is 2.25 bits per heavy atom. The number of hydrogen-bond donors (Lipinski definition) is 4. The number of phenolic OH excluding ortho intramolecular Hbond substituents is 1. The average Bonchev–Trinajstić information content (AvgIpc) is 2.33. The second kappa shape index (κ2) is 4.88. The molecule has 20 heavy (non-hydrogen) atoms. The SMILES string of the molecule is CC1=C(C(=O)O)C(c2cc(C)c(O)c(C)c2)NC(=O)N1. The van der Waals surface area contributed by atoms with E-state index < -0.39 is 18.0 Å². The second-order valence-corrected chi connectivity index (χ2v) is 4.88. The Morgan fingerprint density at radius 2 is 1.75 bits per heavy atom. The van der Waals surface area contributed by atoms with Gasteiger partial charge in [-0.1, -0.05) is 0 Å². The fourth-order valence-electron chi connectivity index (χ4n) is 2.38. The van der Waals surface area contributed by atoms with Crippen LogP contribution in [-0.4, -0.2) is 22.2 Å². The number of hydrogen-bond acceptors (Lipinski definition) is 3. The van der Waals surface area contributed by atoms with Gasteiger partial charge in [-0.3, -0.25) is 0 Å². The molecule has 0 saturated carbocycles. The van der Waals surface area contributed by atoms with E-state index in [2.05, 4.69) is 10.6 Å². The van der Waals surface area contributed by atoms with Crippen molar-refractivity contribution in [3.63, 3.8) is 0 Å². The van der Waals surface area contributed by atoms with Crippen LogP contribution in [0.3, 0.4) is 0 Å². The Labute approximate surface area is 116 Å². The Hall–Kier alpha value is -2.50. The van der Waals surface area contributed by atoms with Crippen LogP contribution in [0.4, 0.5) is 4.79 Å². The van der Waals surface area contributed by atoms with Gasteiger partial charge in [0.2, 0.25) is 0 Å². The van der Waals surface area contributed by atoms with Crippen LogP contribution in [-0.2, 0) is 4.79 Å². The third kappa shape index (κ3) is 2.32. The summed E-state index contributed by atoms with van der Waals surface area (Å²) in [5.74, 6) is -0.921. The van der Waals surface area contributed by atoms with E-state index in [0.29, 0.717) is 22.4 Å². The Balaban J connectivity index is 2.57. The van der Waals surface area contributed by atoms with Gasteiger partial charge in [0.25, 0.3) is 0 Å². The number of carboxylic acid groups (broad SMARTS) is 1. The third-order valence-corrected chi connectivity index (χ3v) is 3.35. The fourth-order valence-corrected chi connectivity index (χ4v) is 2.38. The van der Waals surface area contributed by atoms with E-state index in [9.17, 15) is 19.8 Å². The van der Waals surface area contributed by atoms with Gasteiger partial charge in [0.1, 0.15) is 5.75 Å². The minimum Gasteiger partial charge on any atom is -0.507 e. The molecule has 2 amide bonds. The zero-order valence-electron chi connectivity index (χ0n) is 11.4. The molecule has 1 atom stereocenters. The molecule has 2 rings (SSSR count). The summed E-state index contributed by atoms with van der Waals surface area (Å²) in [4.78, 5) is 23.0. The largest absolute Gasteiger partial charge is 0.507 e. The highest BCUT2D eigenvalue weighted by Gasteiger charge is 2.31. The molecular formula is C14H16N2O4. The summed E-state index contributed by atoms with van der Waals surface area (Å²) in [5, 5.41) is 24.1. The fraction of sp³-hybridized carbons (Fsp3) is 0.286. The smallest absolute Gasteiger partial charge is 0.335 e. The predicted octanol–water partition coefficient (Wildman–Crippen LogP) is 1.72. The molecule has 1 aliphatic heterocycles. The molecule has 0 radical (unpaired) electrons. The maximum atomic E-state index is 11.6. The zero-order valence-corrected chi connectivity index (χ0v) is 11.4. The van der Waals surface area contributed by atoms with Gasteiger partial charge >= 0.3 is 12.0 Å². The number of aromatic hydroxyl groups is 1. The minimum absolute atomic E-state index is 0.0917. The molecule has 1 heterocycles. The van der Waals surface area contributed by atoms with E-state index in [-0.39, 0.29) is 11.3 Å². The van der Waals surface area contributed by atoms with Crippen molar-refractivity contribution < 1.29 is 19.8 Å². The normalized spacial score (nSPS) is 18.6. The summed E-state index contributed by atoms with van der Waals surface area (Å²) in [6.07, 6.45) is 0. The van der Waals surface area contributed by atoms with E-state index >= 15 is 0 Å². The molecule has 0 bridgehead atoms. The summed E-state index contributed by atoms with van der Waals surface area (Å²) < 4.78 is 0. The summed E-state index contributed by atoms with van der Waals surface area (Å²) in [6.45, 7) is 5.01. The molecule has 0 saturated heterocycles. The van der Waals surface area contributed by atoms with Crippen molar-refractivity contribution in [2.45, 2.75) is 26.8 Å². The monoisotopic (exact) mass is 276 g/mol. The van der Waals surface area contributed by atoms with Crippen molar-refractivity contribution in [2.24, 2.45) is 0 Å². The number of carbonyl (C=O) groups is 2. The quantitative estimate of drug-likeness (QED) is 0.661. The van der Waals surface area contributed by atoms with E-state index in [0.717, 1.165) is 0 Å². The highest BCUT2D eigenvalue weighted by molar-refractivity contribution is 5.93. The number of aryl methyl sites for hydroxylation is 2. The first-order valence-electron chi connectivity index (χ1n) is 6.13.